The Kier molecular flexibility index (Phi) is 7.05. The monoisotopic (exact) mass is 456 g/mol. The van der Waals surface area contributed by atoms with Gasteiger partial charge in [0.15, 0.2) is 5.78 Å². The standard InChI is InChI=1S/C22H22ClFN6O2/c1-13(2)30(9-15(31)8-7-14-5-4-6-16(23)20(14)24)18(32)11-29-10-17(26-3)19-21(25)27-12-28-22(19)29/h4-6,10,12-13H,7-9,11H2,1-2H3,(H2,25,27,28). The number of aryl methyl sites for hydroxylation is 1. The number of fused-ring (bicyclic) bond motifs is 1. The van der Waals surface area contributed by atoms with E-state index in [1.807, 2.05) is 0 Å². The van der Waals surface area contributed by atoms with Crippen molar-refractivity contribution in [2.45, 2.75) is 39.3 Å². The Hall–Kier alpha value is -3.51. The minimum atomic E-state index is -0.532. The number of nitrogens with two attached hydrogens (primary N) is 1. The zero-order valence-electron chi connectivity index (χ0n) is 17.7. The van der Waals surface area contributed by atoms with Crippen LogP contribution < -0.4 is 5.73 Å². The molecule has 3 aromatic rings. The maximum Gasteiger partial charge on any atom is 0.243 e. The Morgan fingerprint density at radius 1 is 1.34 bits per heavy atom. The second-order valence-corrected chi connectivity index (χ2v) is 7.99. The van der Waals surface area contributed by atoms with Crippen LogP contribution in [0.2, 0.25) is 5.02 Å². The summed E-state index contributed by atoms with van der Waals surface area (Å²) in [6.07, 6.45) is 3.04. The Balaban J connectivity index is 1.72. The van der Waals surface area contributed by atoms with Crippen molar-refractivity contribution in [3.63, 3.8) is 0 Å². The van der Waals surface area contributed by atoms with Gasteiger partial charge in [-0.3, -0.25) is 9.59 Å². The van der Waals surface area contributed by atoms with Gasteiger partial charge in [-0.15, -0.1) is 0 Å². The Morgan fingerprint density at radius 3 is 2.78 bits per heavy atom. The Bertz CT molecular complexity index is 1220. The van der Waals surface area contributed by atoms with Crippen molar-refractivity contribution < 1.29 is 14.0 Å². The van der Waals surface area contributed by atoms with Crippen LogP contribution in [0.5, 0.6) is 0 Å². The van der Waals surface area contributed by atoms with Gasteiger partial charge in [-0.05, 0) is 31.9 Å². The molecular weight excluding hydrogens is 435 g/mol. The first-order chi connectivity index (χ1) is 15.2. The summed E-state index contributed by atoms with van der Waals surface area (Å²) >= 11 is 5.79. The first-order valence-electron chi connectivity index (χ1n) is 9.93. The van der Waals surface area contributed by atoms with Crippen molar-refractivity contribution in [2.24, 2.45) is 0 Å². The summed E-state index contributed by atoms with van der Waals surface area (Å²) < 4.78 is 15.6. The van der Waals surface area contributed by atoms with Crippen molar-refractivity contribution in [1.82, 2.24) is 19.4 Å². The van der Waals surface area contributed by atoms with Crippen molar-refractivity contribution in [3.8, 4) is 0 Å². The highest BCUT2D eigenvalue weighted by Crippen LogP contribution is 2.30. The van der Waals surface area contributed by atoms with Crippen LogP contribution >= 0.6 is 11.6 Å². The van der Waals surface area contributed by atoms with Crippen LogP contribution in [0.1, 0.15) is 25.8 Å². The van der Waals surface area contributed by atoms with Crippen LogP contribution in [0.25, 0.3) is 15.9 Å². The molecule has 2 N–H and O–H groups in total. The number of carbonyl (C=O) groups is 2. The van der Waals surface area contributed by atoms with Gasteiger partial charge in [0.1, 0.15) is 30.2 Å². The number of amides is 1. The third-order valence-electron chi connectivity index (χ3n) is 5.08. The van der Waals surface area contributed by atoms with Crippen LogP contribution in [0.15, 0.2) is 30.7 Å². The lowest BCUT2D eigenvalue weighted by atomic mass is 10.1. The lowest BCUT2D eigenvalue weighted by molar-refractivity contribution is -0.137. The van der Waals surface area contributed by atoms with E-state index in [0.717, 1.165) is 0 Å². The van der Waals surface area contributed by atoms with Gasteiger partial charge in [-0.2, -0.15) is 0 Å². The summed E-state index contributed by atoms with van der Waals surface area (Å²) in [6.45, 7) is 10.7. The van der Waals surface area contributed by atoms with Gasteiger partial charge in [0.25, 0.3) is 0 Å². The number of nitrogens with zero attached hydrogens (tertiary/aromatic N) is 5. The average molecular weight is 457 g/mol. The number of benzene rings is 1. The number of ketones is 1. The van der Waals surface area contributed by atoms with Gasteiger partial charge in [0, 0.05) is 18.7 Å². The second kappa shape index (κ2) is 9.75. The van der Waals surface area contributed by atoms with E-state index in [9.17, 15) is 14.0 Å². The van der Waals surface area contributed by atoms with Gasteiger partial charge in [0.05, 0.1) is 23.5 Å². The van der Waals surface area contributed by atoms with E-state index in [1.165, 1.54) is 28.1 Å². The first kappa shape index (κ1) is 23.2. The minimum absolute atomic E-state index is 0.0103. The van der Waals surface area contributed by atoms with E-state index in [-0.39, 0.29) is 60.2 Å². The maximum absolute atomic E-state index is 14.0. The predicted octanol–water partition coefficient (Wildman–Crippen LogP) is 3.80. The van der Waals surface area contributed by atoms with Gasteiger partial charge in [-0.25, -0.2) is 19.2 Å². The summed E-state index contributed by atoms with van der Waals surface area (Å²) in [5.74, 6) is -0.878. The third kappa shape index (κ3) is 4.86. The molecule has 0 spiro atoms. The highest BCUT2D eigenvalue weighted by molar-refractivity contribution is 6.30. The number of hydrogen-bond acceptors (Lipinski definition) is 5. The summed E-state index contributed by atoms with van der Waals surface area (Å²) in [4.78, 5) is 38.5. The number of carbonyl (C=O) groups excluding carboxylic acids is 2. The molecule has 0 aliphatic carbocycles. The average Bonchev–Trinajstić information content (AvgIpc) is 3.11. The van der Waals surface area contributed by atoms with Crippen LogP contribution in [-0.4, -0.2) is 43.7 Å². The first-order valence-corrected chi connectivity index (χ1v) is 10.3. The molecule has 0 atom stereocenters. The van der Waals surface area contributed by atoms with Crippen molar-refractivity contribution in [3.05, 3.63) is 58.5 Å². The lowest BCUT2D eigenvalue weighted by Gasteiger charge is -2.26. The maximum atomic E-state index is 14.0. The molecule has 3 rings (SSSR count). The van der Waals surface area contributed by atoms with Crippen LogP contribution in [0, 0.1) is 12.4 Å². The largest absolute Gasteiger partial charge is 0.384 e. The molecule has 32 heavy (non-hydrogen) atoms. The van der Waals surface area contributed by atoms with Crippen LogP contribution in [0.4, 0.5) is 15.9 Å². The normalized spacial score (nSPS) is 11.0. The molecule has 1 aromatic carbocycles. The van der Waals surface area contributed by atoms with E-state index in [1.54, 1.807) is 26.0 Å². The number of halogens is 2. The van der Waals surface area contributed by atoms with Crippen molar-refractivity contribution in [1.29, 1.82) is 0 Å². The molecule has 2 aromatic heterocycles. The fourth-order valence-corrected chi connectivity index (χ4v) is 3.61. The number of Topliss-reactive ketones (excluding diaryl/α,β-unsaturated/α-hetero) is 1. The molecule has 1 amide bonds. The minimum Gasteiger partial charge on any atom is -0.384 e. The lowest BCUT2D eigenvalue weighted by Crippen LogP contribution is -2.42. The van der Waals surface area contributed by atoms with E-state index in [2.05, 4.69) is 14.8 Å². The second-order valence-electron chi connectivity index (χ2n) is 7.58. The SMILES string of the molecule is [C-]#[N+]c1cn(CC(=O)N(CC(=O)CCc2cccc(Cl)c2F)C(C)C)c2ncnc(N)c12. The highest BCUT2D eigenvalue weighted by atomic mass is 35.5. The summed E-state index contributed by atoms with van der Waals surface area (Å²) in [6, 6.07) is 4.42. The molecule has 2 heterocycles. The molecule has 166 valence electrons. The molecule has 0 fully saturated rings. The summed E-state index contributed by atoms with van der Waals surface area (Å²) in [5, 5.41) is 0.405. The van der Waals surface area contributed by atoms with Gasteiger partial charge in [0.2, 0.25) is 11.6 Å². The highest BCUT2D eigenvalue weighted by Gasteiger charge is 2.23. The number of rotatable bonds is 8. The number of hydrogen-bond donors (Lipinski definition) is 1. The molecule has 0 unspecified atom stereocenters. The molecule has 0 aliphatic rings. The number of anilines is 1. The topological polar surface area (TPSA) is 98.5 Å². The molecule has 0 saturated heterocycles. The fraction of sp³-hybridized carbons (Fsp3) is 0.318. The summed E-state index contributed by atoms with van der Waals surface area (Å²) in [5.41, 5.74) is 6.86. The van der Waals surface area contributed by atoms with E-state index < -0.39 is 5.82 Å². The molecule has 8 nitrogen and oxygen atoms in total. The molecule has 0 bridgehead atoms. The van der Waals surface area contributed by atoms with Crippen LogP contribution in [-0.2, 0) is 22.6 Å². The Morgan fingerprint density at radius 2 is 2.09 bits per heavy atom. The zero-order chi connectivity index (χ0) is 23.4. The van der Waals surface area contributed by atoms with Crippen molar-refractivity contribution in [2.75, 3.05) is 12.3 Å². The predicted molar refractivity (Wildman–Crippen MR) is 120 cm³/mol. The van der Waals surface area contributed by atoms with Gasteiger partial charge >= 0.3 is 0 Å². The van der Waals surface area contributed by atoms with Gasteiger partial charge < -0.3 is 15.2 Å². The van der Waals surface area contributed by atoms with Gasteiger partial charge in [-0.1, -0.05) is 23.7 Å². The molecular formula is C22H22ClFN6O2. The van der Waals surface area contributed by atoms with Crippen LogP contribution in [0.3, 0.4) is 0 Å². The number of nitrogen functional groups attached to an aromatic ring is 1. The van der Waals surface area contributed by atoms with E-state index >= 15 is 0 Å². The van der Waals surface area contributed by atoms with E-state index in [4.69, 9.17) is 23.9 Å². The Labute approximate surface area is 189 Å². The summed E-state index contributed by atoms with van der Waals surface area (Å²) in [7, 11) is 0. The van der Waals surface area contributed by atoms with E-state index in [0.29, 0.717) is 16.6 Å². The molecule has 10 heteroatoms. The molecule has 0 aliphatic heterocycles. The third-order valence-corrected chi connectivity index (χ3v) is 5.38. The zero-order valence-corrected chi connectivity index (χ0v) is 18.4. The molecule has 0 radical (unpaired) electrons. The quantitative estimate of drug-likeness (QED) is 0.520. The number of aromatic nitrogens is 3. The fourth-order valence-electron chi connectivity index (χ4n) is 3.41. The smallest absolute Gasteiger partial charge is 0.243 e. The van der Waals surface area contributed by atoms with Crippen molar-refractivity contribution >= 4 is 45.8 Å². The molecule has 0 saturated carbocycles.